The van der Waals surface area contributed by atoms with Gasteiger partial charge in [-0.15, -0.1) is 12.4 Å². The van der Waals surface area contributed by atoms with E-state index >= 15 is 0 Å². The van der Waals surface area contributed by atoms with Gasteiger partial charge < -0.3 is 5.32 Å². The van der Waals surface area contributed by atoms with Gasteiger partial charge >= 0.3 is 6.18 Å². The van der Waals surface area contributed by atoms with Crippen LogP contribution in [-0.4, -0.2) is 19.0 Å². The number of hydrogen-bond donors (Lipinski definition) is 3. The lowest BCUT2D eigenvalue weighted by Gasteiger charge is -2.23. The van der Waals surface area contributed by atoms with Crippen molar-refractivity contribution in [3.63, 3.8) is 0 Å². The van der Waals surface area contributed by atoms with Crippen LogP contribution in [0, 0.1) is 0 Å². The Morgan fingerprint density at radius 1 is 1.50 bits per heavy atom. The number of nitrogens with one attached hydrogen (secondary N) is 2. The van der Waals surface area contributed by atoms with Crippen molar-refractivity contribution in [3.8, 4) is 0 Å². The van der Waals surface area contributed by atoms with Gasteiger partial charge in [0.15, 0.2) is 0 Å². The summed E-state index contributed by atoms with van der Waals surface area (Å²) >= 11 is 0. The molecule has 1 rings (SSSR count). The normalized spacial score (nSPS) is 23.7. The van der Waals surface area contributed by atoms with E-state index in [2.05, 4.69) is 10.6 Å². The molecule has 1 heterocycles. The van der Waals surface area contributed by atoms with Gasteiger partial charge in [0.2, 0.25) is 0 Å². The van der Waals surface area contributed by atoms with E-state index in [9.17, 15) is 13.2 Å². The molecule has 0 amide bonds. The van der Waals surface area contributed by atoms with Gasteiger partial charge in [-0.25, -0.2) is 0 Å². The van der Waals surface area contributed by atoms with Gasteiger partial charge in [-0.3, -0.25) is 11.1 Å². The van der Waals surface area contributed by atoms with Crippen molar-refractivity contribution < 1.29 is 13.2 Å². The van der Waals surface area contributed by atoms with Crippen LogP contribution in [0.15, 0.2) is 11.8 Å². The number of halogens is 4. The number of rotatable bonds is 0. The predicted molar refractivity (Wildman–Crippen MR) is 40.5 cm³/mol. The molecule has 1 aliphatic rings. The summed E-state index contributed by atoms with van der Waals surface area (Å²) in [6.45, 7) is -0.238. The third-order valence-corrected chi connectivity index (χ3v) is 1.31. The van der Waals surface area contributed by atoms with Gasteiger partial charge in [-0.2, -0.15) is 13.2 Å². The smallest absolute Gasteiger partial charge is 0.364 e. The Morgan fingerprint density at radius 3 is 2.42 bits per heavy atom. The second-order valence-corrected chi connectivity index (χ2v) is 2.19. The standard InChI is InChI=1S/C5H8F3N3.ClH/c6-5(7,8)3-1-10-4(9)11-2-3;/h1,4,10-11H,2,9H2;1H. The maximum atomic E-state index is 11.9. The van der Waals surface area contributed by atoms with Crippen LogP contribution in [0.4, 0.5) is 13.2 Å². The van der Waals surface area contributed by atoms with Crippen molar-refractivity contribution >= 4 is 12.4 Å². The molecule has 72 valence electrons. The summed E-state index contributed by atoms with van der Waals surface area (Å²) in [5, 5.41) is 4.74. The van der Waals surface area contributed by atoms with E-state index in [1.54, 1.807) is 0 Å². The Hall–Kier alpha value is -0.460. The molecule has 4 N–H and O–H groups in total. The zero-order valence-corrected chi connectivity index (χ0v) is 6.80. The van der Waals surface area contributed by atoms with Crippen molar-refractivity contribution in [2.45, 2.75) is 12.5 Å². The lowest BCUT2D eigenvalue weighted by molar-refractivity contribution is -0.0944. The minimum Gasteiger partial charge on any atom is -0.364 e. The highest BCUT2D eigenvalue weighted by Gasteiger charge is 2.34. The molecular formula is C5H9ClF3N3. The monoisotopic (exact) mass is 203 g/mol. The fourth-order valence-corrected chi connectivity index (χ4v) is 0.702. The van der Waals surface area contributed by atoms with Crippen LogP contribution in [0.25, 0.3) is 0 Å². The molecule has 1 aliphatic heterocycles. The van der Waals surface area contributed by atoms with Gasteiger partial charge in [0.25, 0.3) is 0 Å². The fraction of sp³-hybridized carbons (Fsp3) is 0.600. The molecule has 1 atom stereocenters. The molecule has 7 heteroatoms. The highest BCUT2D eigenvalue weighted by atomic mass is 35.5. The summed E-state index contributed by atoms with van der Waals surface area (Å²) in [6, 6.07) is 0. The summed E-state index contributed by atoms with van der Waals surface area (Å²) in [5.41, 5.74) is 4.57. The van der Waals surface area contributed by atoms with E-state index in [1.165, 1.54) is 0 Å². The van der Waals surface area contributed by atoms with E-state index < -0.39 is 18.0 Å². The van der Waals surface area contributed by atoms with Crippen LogP contribution in [0.5, 0.6) is 0 Å². The Bertz CT molecular complexity index is 179. The molecule has 0 saturated carbocycles. The lowest BCUT2D eigenvalue weighted by Crippen LogP contribution is -2.52. The first-order chi connectivity index (χ1) is 5.00. The number of nitrogens with two attached hydrogens (primary N) is 1. The van der Waals surface area contributed by atoms with E-state index in [0.29, 0.717) is 0 Å². The van der Waals surface area contributed by atoms with Gasteiger partial charge in [0, 0.05) is 12.7 Å². The second-order valence-electron chi connectivity index (χ2n) is 2.19. The first-order valence-electron chi connectivity index (χ1n) is 3.01. The number of alkyl halides is 3. The molecule has 0 radical (unpaired) electrons. The van der Waals surface area contributed by atoms with Crippen molar-refractivity contribution in [2.24, 2.45) is 5.73 Å². The van der Waals surface area contributed by atoms with Crippen LogP contribution < -0.4 is 16.4 Å². The Balaban J connectivity index is 0.00000121. The minimum absolute atomic E-state index is 0. The summed E-state index contributed by atoms with van der Waals surface area (Å²) in [5.74, 6) is 0. The molecule has 3 nitrogen and oxygen atoms in total. The van der Waals surface area contributed by atoms with Gasteiger partial charge in [0.1, 0.15) is 6.29 Å². The fourth-order valence-electron chi connectivity index (χ4n) is 0.702. The summed E-state index contributed by atoms with van der Waals surface area (Å²) in [6.07, 6.45) is -3.96. The minimum atomic E-state index is -4.26. The number of hydrogen-bond acceptors (Lipinski definition) is 3. The van der Waals surface area contributed by atoms with Crippen LogP contribution >= 0.6 is 12.4 Å². The summed E-state index contributed by atoms with van der Waals surface area (Å²) < 4.78 is 35.6. The van der Waals surface area contributed by atoms with Crippen molar-refractivity contribution in [1.82, 2.24) is 10.6 Å². The van der Waals surface area contributed by atoms with Crippen LogP contribution in [-0.2, 0) is 0 Å². The molecule has 0 aliphatic carbocycles. The maximum absolute atomic E-state index is 11.9. The average Bonchev–Trinajstić information content (AvgIpc) is 1.86. The molecule has 0 saturated heterocycles. The largest absolute Gasteiger partial charge is 0.415 e. The van der Waals surface area contributed by atoms with Crippen LogP contribution in [0.2, 0.25) is 0 Å². The average molecular weight is 204 g/mol. The SMILES string of the molecule is Cl.NC1NC=C(C(F)(F)F)CN1. The van der Waals surface area contributed by atoms with Gasteiger partial charge in [-0.05, 0) is 0 Å². The van der Waals surface area contributed by atoms with Crippen LogP contribution in [0.3, 0.4) is 0 Å². The zero-order chi connectivity index (χ0) is 8.48. The third kappa shape index (κ3) is 2.88. The highest BCUT2D eigenvalue weighted by molar-refractivity contribution is 5.85. The van der Waals surface area contributed by atoms with E-state index in [4.69, 9.17) is 5.73 Å². The van der Waals surface area contributed by atoms with Crippen molar-refractivity contribution in [3.05, 3.63) is 11.8 Å². The lowest BCUT2D eigenvalue weighted by atomic mass is 10.2. The van der Waals surface area contributed by atoms with E-state index in [-0.39, 0.29) is 19.0 Å². The first-order valence-corrected chi connectivity index (χ1v) is 3.01. The topological polar surface area (TPSA) is 50.1 Å². The molecule has 0 bridgehead atoms. The Morgan fingerprint density at radius 2 is 2.08 bits per heavy atom. The molecule has 0 spiro atoms. The Labute approximate surface area is 73.6 Å². The molecule has 0 fully saturated rings. The zero-order valence-electron chi connectivity index (χ0n) is 5.98. The molecule has 1 unspecified atom stereocenters. The van der Waals surface area contributed by atoms with Gasteiger partial charge in [-0.1, -0.05) is 0 Å². The summed E-state index contributed by atoms with van der Waals surface area (Å²) in [7, 11) is 0. The van der Waals surface area contributed by atoms with E-state index in [1.807, 2.05) is 0 Å². The molecular weight excluding hydrogens is 195 g/mol. The van der Waals surface area contributed by atoms with Gasteiger partial charge in [0.05, 0.1) is 5.57 Å². The third-order valence-electron chi connectivity index (χ3n) is 1.31. The quantitative estimate of drug-likeness (QED) is 0.531. The molecule has 0 aromatic carbocycles. The second kappa shape index (κ2) is 3.97. The molecule has 0 aromatic heterocycles. The van der Waals surface area contributed by atoms with Crippen LogP contribution in [0.1, 0.15) is 0 Å². The van der Waals surface area contributed by atoms with Crippen molar-refractivity contribution in [1.29, 1.82) is 0 Å². The summed E-state index contributed by atoms with van der Waals surface area (Å²) in [4.78, 5) is 0. The Kier molecular flexibility index (Phi) is 3.82. The predicted octanol–water partition coefficient (Wildman–Crippen LogP) is 0.289. The van der Waals surface area contributed by atoms with Crippen molar-refractivity contribution in [2.75, 3.05) is 6.54 Å². The molecule has 0 aromatic rings. The van der Waals surface area contributed by atoms with E-state index in [0.717, 1.165) is 6.20 Å². The molecule has 12 heavy (non-hydrogen) atoms. The maximum Gasteiger partial charge on any atom is 0.415 e. The highest BCUT2D eigenvalue weighted by Crippen LogP contribution is 2.24. The first kappa shape index (κ1) is 11.5.